The van der Waals surface area contributed by atoms with Crippen LogP contribution in [0.1, 0.15) is 31.7 Å². The molecular weight excluding hydrogens is 228 g/mol. The van der Waals surface area contributed by atoms with Gasteiger partial charge in [-0.2, -0.15) is 0 Å². The summed E-state index contributed by atoms with van der Waals surface area (Å²) in [5.41, 5.74) is 2.42. The lowest BCUT2D eigenvalue weighted by Crippen LogP contribution is -2.15. The summed E-state index contributed by atoms with van der Waals surface area (Å²) >= 11 is 1.77. The average Bonchev–Trinajstić information content (AvgIpc) is 2.97. The fourth-order valence-corrected chi connectivity index (χ4v) is 3.33. The average molecular weight is 246 g/mol. The molecule has 17 heavy (non-hydrogen) atoms. The van der Waals surface area contributed by atoms with Crippen molar-refractivity contribution in [1.82, 2.24) is 4.98 Å². The number of aryl methyl sites for hydroxylation is 1. The van der Waals surface area contributed by atoms with Gasteiger partial charge in [-0.25, -0.2) is 4.98 Å². The first-order valence-corrected chi connectivity index (χ1v) is 7.16. The molecule has 1 atom stereocenters. The van der Waals surface area contributed by atoms with Crippen LogP contribution in [-0.4, -0.2) is 11.0 Å². The standard InChI is InChI=1S/C14H18N2S/c1-9-4-3-5-12-13(9)16-14(17-12)15-10(2)8-11-6-7-11/h3-5,10-11H,6-8H2,1-2H3,(H,15,16). The van der Waals surface area contributed by atoms with E-state index < -0.39 is 0 Å². The van der Waals surface area contributed by atoms with Crippen LogP contribution >= 0.6 is 11.3 Å². The van der Waals surface area contributed by atoms with Gasteiger partial charge in [0.25, 0.3) is 0 Å². The van der Waals surface area contributed by atoms with Gasteiger partial charge in [-0.3, -0.25) is 0 Å². The summed E-state index contributed by atoms with van der Waals surface area (Å²) in [6.45, 7) is 4.39. The summed E-state index contributed by atoms with van der Waals surface area (Å²) in [7, 11) is 0. The second-order valence-corrected chi connectivity index (χ2v) is 6.20. The van der Waals surface area contributed by atoms with Gasteiger partial charge in [-0.1, -0.05) is 36.3 Å². The van der Waals surface area contributed by atoms with Gasteiger partial charge >= 0.3 is 0 Å². The van der Waals surface area contributed by atoms with E-state index in [1.807, 2.05) is 0 Å². The molecule has 0 amide bonds. The third-order valence-electron chi connectivity index (χ3n) is 3.37. The van der Waals surface area contributed by atoms with Crippen molar-refractivity contribution in [2.45, 2.75) is 39.2 Å². The van der Waals surface area contributed by atoms with Crippen LogP contribution < -0.4 is 5.32 Å². The molecule has 1 aliphatic carbocycles. The predicted octanol–water partition coefficient (Wildman–Crippen LogP) is 4.21. The van der Waals surface area contributed by atoms with Gasteiger partial charge < -0.3 is 5.32 Å². The molecule has 1 heterocycles. The summed E-state index contributed by atoms with van der Waals surface area (Å²) in [6.07, 6.45) is 4.13. The second-order valence-electron chi connectivity index (χ2n) is 5.17. The van der Waals surface area contributed by atoms with Gasteiger partial charge in [0, 0.05) is 6.04 Å². The van der Waals surface area contributed by atoms with Gasteiger partial charge in [0.2, 0.25) is 0 Å². The highest BCUT2D eigenvalue weighted by atomic mass is 32.1. The van der Waals surface area contributed by atoms with Crippen molar-refractivity contribution < 1.29 is 0 Å². The van der Waals surface area contributed by atoms with E-state index >= 15 is 0 Å². The number of fused-ring (bicyclic) bond motifs is 1. The highest BCUT2D eigenvalue weighted by Crippen LogP contribution is 2.35. The normalized spacial score (nSPS) is 17.3. The summed E-state index contributed by atoms with van der Waals surface area (Å²) in [5.74, 6) is 0.966. The topological polar surface area (TPSA) is 24.9 Å². The predicted molar refractivity (Wildman–Crippen MR) is 74.8 cm³/mol. The zero-order chi connectivity index (χ0) is 11.8. The maximum absolute atomic E-state index is 4.69. The van der Waals surface area contributed by atoms with Crippen LogP contribution in [-0.2, 0) is 0 Å². The number of rotatable bonds is 4. The number of hydrogen-bond donors (Lipinski definition) is 1. The highest BCUT2D eigenvalue weighted by Gasteiger charge is 2.23. The Morgan fingerprint density at radius 3 is 3.00 bits per heavy atom. The van der Waals surface area contributed by atoms with Gasteiger partial charge in [0.1, 0.15) is 0 Å². The maximum Gasteiger partial charge on any atom is 0.184 e. The molecule has 0 saturated heterocycles. The molecule has 1 unspecified atom stereocenters. The molecule has 0 bridgehead atoms. The number of nitrogens with zero attached hydrogens (tertiary/aromatic N) is 1. The number of benzene rings is 1. The quantitative estimate of drug-likeness (QED) is 0.874. The van der Waals surface area contributed by atoms with Crippen LogP contribution in [0.5, 0.6) is 0 Å². The largest absolute Gasteiger partial charge is 0.359 e. The van der Waals surface area contributed by atoms with Crippen molar-refractivity contribution in [3.8, 4) is 0 Å². The number of hydrogen-bond acceptors (Lipinski definition) is 3. The van der Waals surface area contributed by atoms with E-state index in [1.54, 1.807) is 11.3 Å². The smallest absolute Gasteiger partial charge is 0.184 e. The van der Waals surface area contributed by atoms with Gasteiger partial charge in [0.15, 0.2) is 5.13 Å². The van der Waals surface area contributed by atoms with Crippen molar-refractivity contribution in [1.29, 1.82) is 0 Å². The minimum atomic E-state index is 0.545. The van der Waals surface area contributed by atoms with Crippen molar-refractivity contribution in [2.75, 3.05) is 5.32 Å². The van der Waals surface area contributed by atoms with E-state index in [9.17, 15) is 0 Å². The van der Waals surface area contributed by atoms with Gasteiger partial charge in [-0.05, 0) is 37.8 Å². The molecule has 3 rings (SSSR count). The lowest BCUT2D eigenvalue weighted by Gasteiger charge is -2.11. The van der Waals surface area contributed by atoms with E-state index in [0.29, 0.717) is 6.04 Å². The van der Waals surface area contributed by atoms with Crippen LogP contribution in [0.25, 0.3) is 10.2 Å². The zero-order valence-electron chi connectivity index (χ0n) is 10.4. The molecule has 1 fully saturated rings. The number of nitrogens with one attached hydrogen (secondary N) is 1. The van der Waals surface area contributed by atoms with E-state index in [-0.39, 0.29) is 0 Å². The van der Waals surface area contributed by atoms with Crippen molar-refractivity contribution in [3.63, 3.8) is 0 Å². The monoisotopic (exact) mass is 246 g/mol. The third kappa shape index (κ3) is 2.44. The molecule has 0 spiro atoms. The minimum absolute atomic E-state index is 0.545. The molecule has 2 nitrogen and oxygen atoms in total. The molecule has 90 valence electrons. The molecule has 1 aromatic heterocycles. The molecule has 1 aromatic carbocycles. The lowest BCUT2D eigenvalue weighted by molar-refractivity contribution is 0.642. The van der Waals surface area contributed by atoms with Crippen LogP contribution in [0.2, 0.25) is 0 Å². The van der Waals surface area contributed by atoms with Crippen LogP contribution in [0.4, 0.5) is 5.13 Å². The van der Waals surface area contributed by atoms with E-state index in [4.69, 9.17) is 0 Å². The van der Waals surface area contributed by atoms with Crippen molar-refractivity contribution >= 4 is 26.7 Å². The molecular formula is C14H18N2S. The molecule has 1 aliphatic rings. The van der Waals surface area contributed by atoms with Gasteiger partial charge in [0.05, 0.1) is 10.2 Å². The summed E-state index contributed by atoms with van der Waals surface area (Å²) in [4.78, 5) is 4.69. The summed E-state index contributed by atoms with van der Waals surface area (Å²) in [6, 6.07) is 6.92. The SMILES string of the molecule is Cc1cccc2sc(NC(C)CC3CC3)nc12. The first-order chi connectivity index (χ1) is 8.22. The van der Waals surface area contributed by atoms with Gasteiger partial charge in [-0.15, -0.1) is 0 Å². The lowest BCUT2D eigenvalue weighted by atomic mass is 10.2. The summed E-state index contributed by atoms with van der Waals surface area (Å²) in [5, 5.41) is 4.61. The first-order valence-electron chi connectivity index (χ1n) is 6.35. The van der Waals surface area contributed by atoms with Crippen molar-refractivity contribution in [3.05, 3.63) is 23.8 Å². The Balaban J connectivity index is 1.78. The number of anilines is 1. The molecule has 1 saturated carbocycles. The maximum atomic E-state index is 4.69. The minimum Gasteiger partial charge on any atom is -0.359 e. The Morgan fingerprint density at radius 2 is 2.29 bits per heavy atom. The Morgan fingerprint density at radius 1 is 1.47 bits per heavy atom. The van der Waals surface area contributed by atoms with Crippen molar-refractivity contribution in [2.24, 2.45) is 5.92 Å². The fourth-order valence-electron chi connectivity index (χ4n) is 2.27. The highest BCUT2D eigenvalue weighted by molar-refractivity contribution is 7.22. The first kappa shape index (κ1) is 11.0. The van der Waals surface area contributed by atoms with Crippen LogP contribution in [0.3, 0.4) is 0 Å². The Labute approximate surface area is 106 Å². The number of para-hydroxylation sites is 1. The second kappa shape index (κ2) is 4.30. The Bertz CT molecular complexity index is 528. The Hall–Kier alpha value is -1.09. The number of aromatic nitrogens is 1. The van der Waals surface area contributed by atoms with Crippen LogP contribution in [0.15, 0.2) is 18.2 Å². The third-order valence-corrected chi connectivity index (χ3v) is 4.33. The Kier molecular flexibility index (Phi) is 2.79. The molecule has 0 aliphatic heterocycles. The van der Waals surface area contributed by atoms with E-state index in [1.165, 1.54) is 29.5 Å². The summed E-state index contributed by atoms with van der Waals surface area (Å²) < 4.78 is 1.28. The fraction of sp³-hybridized carbons (Fsp3) is 0.500. The molecule has 0 radical (unpaired) electrons. The van der Waals surface area contributed by atoms with Crippen LogP contribution in [0, 0.1) is 12.8 Å². The number of thiazole rings is 1. The zero-order valence-corrected chi connectivity index (χ0v) is 11.2. The van der Waals surface area contributed by atoms with E-state index in [2.05, 4.69) is 42.3 Å². The molecule has 2 aromatic rings. The van der Waals surface area contributed by atoms with E-state index in [0.717, 1.165) is 16.6 Å². The molecule has 1 N–H and O–H groups in total. The molecule has 3 heteroatoms.